The number of anilines is 1. The molecule has 1 aromatic heterocycles. The van der Waals surface area contributed by atoms with Crippen LogP contribution < -0.4 is 10.1 Å². The maximum atomic E-state index is 12.9. The second-order valence-electron chi connectivity index (χ2n) is 7.99. The first kappa shape index (κ1) is 19.5. The molecule has 2 N–H and O–H groups in total. The number of carbonyl (C=O) groups is 2. The van der Waals surface area contributed by atoms with E-state index in [4.69, 9.17) is 4.74 Å². The van der Waals surface area contributed by atoms with E-state index in [1.807, 2.05) is 4.90 Å². The number of hydrogen-bond donors (Lipinski definition) is 2. The molecule has 1 atom stereocenters. The van der Waals surface area contributed by atoms with Gasteiger partial charge in [0.15, 0.2) is 0 Å². The number of nitrogens with zero attached hydrogens (tertiary/aromatic N) is 2. The number of rotatable bonds is 5. The van der Waals surface area contributed by atoms with Crippen molar-refractivity contribution in [2.24, 2.45) is 5.92 Å². The normalized spacial score (nSPS) is 19.9. The molecule has 2 heterocycles. The monoisotopic (exact) mass is 396 g/mol. The van der Waals surface area contributed by atoms with Crippen LogP contribution in [0.5, 0.6) is 5.75 Å². The van der Waals surface area contributed by atoms with E-state index in [1.165, 1.54) is 0 Å². The third kappa shape index (κ3) is 4.28. The first-order chi connectivity index (χ1) is 14.2. The van der Waals surface area contributed by atoms with E-state index < -0.39 is 0 Å². The third-order valence-corrected chi connectivity index (χ3v) is 6.11. The van der Waals surface area contributed by atoms with Crippen LogP contribution in [0, 0.1) is 5.92 Å². The third-order valence-electron chi connectivity index (χ3n) is 6.11. The lowest BCUT2D eigenvalue weighted by Crippen LogP contribution is -2.39. The summed E-state index contributed by atoms with van der Waals surface area (Å²) in [5, 5.41) is 10.3. The predicted octanol–water partition coefficient (Wildman–Crippen LogP) is 3.57. The summed E-state index contributed by atoms with van der Waals surface area (Å²) in [6, 6.07) is 7.21. The van der Waals surface area contributed by atoms with Gasteiger partial charge in [-0.15, -0.1) is 0 Å². The van der Waals surface area contributed by atoms with E-state index in [-0.39, 0.29) is 23.7 Å². The van der Waals surface area contributed by atoms with Crippen molar-refractivity contribution in [2.75, 3.05) is 25.5 Å². The molecule has 0 spiro atoms. The maximum Gasteiger partial charge on any atom is 0.253 e. The van der Waals surface area contributed by atoms with Crippen molar-refractivity contribution in [3.63, 3.8) is 0 Å². The van der Waals surface area contributed by atoms with Crippen molar-refractivity contribution in [3.8, 4) is 5.75 Å². The Kier molecular flexibility index (Phi) is 5.83. The summed E-state index contributed by atoms with van der Waals surface area (Å²) in [7, 11) is 1.61. The van der Waals surface area contributed by atoms with Gasteiger partial charge in [0.2, 0.25) is 5.91 Å². The fourth-order valence-corrected chi connectivity index (χ4v) is 4.44. The highest BCUT2D eigenvalue weighted by Crippen LogP contribution is 2.32. The Labute approximate surface area is 170 Å². The number of aromatic nitrogens is 2. The van der Waals surface area contributed by atoms with Crippen LogP contribution in [-0.2, 0) is 4.79 Å². The van der Waals surface area contributed by atoms with Crippen LogP contribution in [0.1, 0.15) is 60.5 Å². The first-order valence-corrected chi connectivity index (χ1v) is 10.4. The molecule has 2 aliphatic rings. The summed E-state index contributed by atoms with van der Waals surface area (Å²) in [6.07, 6.45) is 7.75. The number of carbonyl (C=O) groups excluding carboxylic acids is 2. The molecule has 7 nitrogen and oxygen atoms in total. The lowest BCUT2D eigenvalue weighted by molar-refractivity contribution is -0.119. The molecule has 1 unspecified atom stereocenters. The van der Waals surface area contributed by atoms with Gasteiger partial charge in [0.05, 0.1) is 24.7 Å². The van der Waals surface area contributed by atoms with Gasteiger partial charge in [0.1, 0.15) is 5.75 Å². The molecule has 0 radical (unpaired) electrons. The molecule has 2 fully saturated rings. The summed E-state index contributed by atoms with van der Waals surface area (Å²) < 4.78 is 5.17. The van der Waals surface area contributed by atoms with Crippen LogP contribution in [-0.4, -0.2) is 47.1 Å². The van der Waals surface area contributed by atoms with Gasteiger partial charge in [-0.05, 0) is 49.9 Å². The van der Waals surface area contributed by atoms with Crippen molar-refractivity contribution in [1.82, 2.24) is 15.1 Å². The molecule has 29 heavy (non-hydrogen) atoms. The van der Waals surface area contributed by atoms with Crippen LogP contribution in [0.25, 0.3) is 0 Å². The minimum absolute atomic E-state index is 0.0217. The first-order valence-electron chi connectivity index (χ1n) is 10.4. The standard InChI is InChI=1S/C22H28N4O3/c1-29-18-10-8-16(9-11-18)22(28)26-12-4-7-17(14-26)20-19(13-23-25-20)24-21(27)15-5-2-3-6-15/h8-11,13,15,17H,2-7,12,14H2,1H3,(H,23,25)(H,24,27). The quantitative estimate of drug-likeness (QED) is 0.809. The van der Waals surface area contributed by atoms with Crippen LogP contribution in [0.4, 0.5) is 5.69 Å². The minimum Gasteiger partial charge on any atom is -0.497 e. The molecule has 0 bridgehead atoms. The zero-order chi connectivity index (χ0) is 20.2. The fraction of sp³-hybridized carbons (Fsp3) is 0.500. The van der Waals surface area contributed by atoms with E-state index in [1.54, 1.807) is 37.6 Å². The lowest BCUT2D eigenvalue weighted by Gasteiger charge is -2.32. The van der Waals surface area contributed by atoms with Crippen LogP contribution in [0.15, 0.2) is 30.5 Å². The smallest absolute Gasteiger partial charge is 0.253 e. The molecule has 4 rings (SSSR count). The van der Waals surface area contributed by atoms with Crippen LogP contribution in [0.3, 0.4) is 0 Å². The number of aromatic amines is 1. The molecule has 1 saturated carbocycles. The molecule has 2 amide bonds. The Morgan fingerprint density at radius 1 is 1.14 bits per heavy atom. The molecule has 1 aliphatic heterocycles. The van der Waals surface area contributed by atoms with Crippen LogP contribution >= 0.6 is 0 Å². The van der Waals surface area contributed by atoms with Crippen molar-refractivity contribution in [3.05, 3.63) is 41.7 Å². The Morgan fingerprint density at radius 2 is 1.90 bits per heavy atom. The van der Waals surface area contributed by atoms with Gasteiger partial charge >= 0.3 is 0 Å². The average Bonchev–Trinajstić information content (AvgIpc) is 3.46. The van der Waals surface area contributed by atoms with Gasteiger partial charge in [-0.2, -0.15) is 5.10 Å². The van der Waals surface area contributed by atoms with Gasteiger partial charge in [-0.1, -0.05) is 12.8 Å². The Morgan fingerprint density at radius 3 is 2.62 bits per heavy atom. The minimum atomic E-state index is 0.0217. The number of H-pyrrole nitrogens is 1. The highest BCUT2D eigenvalue weighted by Gasteiger charge is 2.29. The molecule has 1 aromatic carbocycles. The highest BCUT2D eigenvalue weighted by atomic mass is 16.5. The SMILES string of the molecule is COc1ccc(C(=O)N2CCCC(c3[nH]ncc3NC(=O)C3CCCC3)C2)cc1. The number of benzene rings is 1. The fourth-order valence-electron chi connectivity index (χ4n) is 4.44. The summed E-state index contributed by atoms with van der Waals surface area (Å²) >= 11 is 0. The number of nitrogens with one attached hydrogen (secondary N) is 2. The summed E-state index contributed by atoms with van der Waals surface area (Å²) in [6.45, 7) is 1.35. The van der Waals surface area contributed by atoms with Crippen molar-refractivity contribution in [2.45, 2.75) is 44.4 Å². The zero-order valence-corrected chi connectivity index (χ0v) is 16.8. The topological polar surface area (TPSA) is 87.3 Å². The van der Waals surface area contributed by atoms with E-state index in [0.717, 1.165) is 62.2 Å². The molecular weight excluding hydrogens is 368 g/mol. The predicted molar refractivity (Wildman–Crippen MR) is 110 cm³/mol. The second-order valence-corrected chi connectivity index (χ2v) is 7.99. The molecule has 154 valence electrons. The van der Waals surface area contributed by atoms with Gasteiger partial charge in [-0.3, -0.25) is 14.7 Å². The number of methoxy groups -OCH3 is 1. The van der Waals surface area contributed by atoms with Gasteiger partial charge in [-0.25, -0.2) is 0 Å². The summed E-state index contributed by atoms with van der Waals surface area (Å²) in [5.41, 5.74) is 2.33. The number of ether oxygens (including phenoxy) is 1. The van der Waals surface area contributed by atoms with E-state index >= 15 is 0 Å². The lowest BCUT2D eigenvalue weighted by atomic mass is 9.93. The van der Waals surface area contributed by atoms with Crippen LogP contribution in [0.2, 0.25) is 0 Å². The highest BCUT2D eigenvalue weighted by molar-refractivity contribution is 5.95. The molecule has 1 saturated heterocycles. The number of likely N-dealkylation sites (tertiary alicyclic amines) is 1. The maximum absolute atomic E-state index is 12.9. The van der Waals surface area contributed by atoms with Crippen molar-refractivity contribution < 1.29 is 14.3 Å². The van der Waals surface area contributed by atoms with Gasteiger partial charge < -0.3 is 15.0 Å². The summed E-state index contributed by atoms with van der Waals surface area (Å²) in [4.78, 5) is 27.4. The molecule has 7 heteroatoms. The van der Waals surface area contributed by atoms with E-state index in [0.29, 0.717) is 12.1 Å². The summed E-state index contributed by atoms with van der Waals surface area (Å²) in [5.74, 6) is 1.09. The zero-order valence-electron chi connectivity index (χ0n) is 16.8. The largest absolute Gasteiger partial charge is 0.497 e. The average molecular weight is 396 g/mol. The second kappa shape index (κ2) is 8.68. The molecule has 1 aliphatic carbocycles. The van der Waals surface area contributed by atoms with Gasteiger partial charge in [0, 0.05) is 30.5 Å². The number of piperidine rings is 1. The Bertz CT molecular complexity index is 855. The molecular formula is C22H28N4O3. The van der Waals surface area contributed by atoms with Crippen molar-refractivity contribution in [1.29, 1.82) is 0 Å². The number of hydrogen-bond acceptors (Lipinski definition) is 4. The van der Waals surface area contributed by atoms with E-state index in [2.05, 4.69) is 15.5 Å². The van der Waals surface area contributed by atoms with E-state index in [9.17, 15) is 9.59 Å². The molecule has 2 aromatic rings. The number of amides is 2. The van der Waals surface area contributed by atoms with Gasteiger partial charge in [0.25, 0.3) is 5.91 Å². The van der Waals surface area contributed by atoms with Crippen molar-refractivity contribution >= 4 is 17.5 Å². The Balaban J connectivity index is 1.44. The Hall–Kier alpha value is -2.83.